The molecule has 0 radical (unpaired) electrons. The quantitative estimate of drug-likeness (QED) is 0.321. The maximum absolute atomic E-state index is 11.2. The number of carbonyl (C=O) groups excluding carboxylic acids is 1. The predicted octanol–water partition coefficient (Wildman–Crippen LogP) is 0.911. The van der Waals surface area contributed by atoms with Gasteiger partial charge in [0, 0.05) is 0 Å². The number of esters is 1. The third-order valence-electron chi connectivity index (χ3n) is 1.58. The van der Waals surface area contributed by atoms with Crippen molar-refractivity contribution in [3.8, 4) is 0 Å². The fourth-order valence-corrected chi connectivity index (χ4v) is 0.918. The Bertz CT molecular complexity index is 424. The zero-order valence-electron chi connectivity index (χ0n) is 8.75. The minimum atomic E-state index is -0.629. The van der Waals surface area contributed by atoms with E-state index in [4.69, 9.17) is 4.74 Å². The Labute approximate surface area is 91.5 Å². The molecule has 0 spiro atoms. The maximum atomic E-state index is 11.2. The van der Waals surface area contributed by atoms with E-state index in [0.717, 1.165) is 10.3 Å². The lowest BCUT2D eigenvalue weighted by Crippen LogP contribution is -2.15. The molecule has 0 fully saturated rings. The average Bonchev–Trinajstić information content (AvgIpc) is 2.63. The van der Waals surface area contributed by atoms with Crippen LogP contribution >= 0.6 is 0 Å². The molecule has 0 aromatic carbocycles. The van der Waals surface area contributed by atoms with Crippen LogP contribution in [0.25, 0.3) is 0 Å². The molecular formula is C9H11N3O4. The second-order valence-electron chi connectivity index (χ2n) is 3.25. The van der Waals surface area contributed by atoms with E-state index in [1.54, 1.807) is 6.92 Å². The van der Waals surface area contributed by atoms with Crippen LogP contribution in [0.15, 0.2) is 24.4 Å². The number of carbonyl (C=O) groups is 1. The van der Waals surface area contributed by atoms with Crippen molar-refractivity contribution in [1.82, 2.24) is 9.78 Å². The molecule has 86 valence electrons. The molecule has 0 bridgehead atoms. The van der Waals surface area contributed by atoms with E-state index in [0.29, 0.717) is 0 Å². The number of hydrogen-bond acceptors (Lipinski definition) is 5. The average molecular weight is 225 g/mol. The van der Waals surface area contributed by atoms with Gasteiger partial charge in [-0.05, 0) is 17.4 Å². The van der Waals surface area contributed by atoms with Gasteiger partial charge in [-0.3, -0.25) is 0 Å². The Balaban J connectivity index is 2.49. The first kappa shape index (κ1) is 11.9. The normalized spacial score (nSPS) is 9.81. The van der Waals surface area contributed by atoms with E-state index in [9.17, 15) is 14.9 Å². The molecule has 0 saturated carbocycles. The second-order valence-corrected chi connectivity index (χ2v) is 3.25. The van der Waals surface area contributed by atoms with Crippen LogP contribution in [0.2, 0.25) is 0 Å². The highest BCUT2D eigenvalue weighted by atomic mass is 16.6. The highest BCUT2D eigenvalue weighted by Crippen LogP contribution is 2.05. The van der Waals surface area contributed by atoms with Crippen molar-refractivity contribution < 1.29 is 14.5 Å². The first-order chi connectivity index (χ1) is 7.49. The number of nitrogens with zero attached hydrogens (tertiary/aromatic N) is 3. The number of hydrogen-bond donors (Lipinski definition) is 0. The molecule has 16 heavy (non-hydrogen) atoms. The summed E-state index contributed by atoms with van der Waals surface area (Å²) in [5.74, 6) is -0.811. The first-order valence-corrected chi connectivity index (χ1v) is 4.47. The highest BCUT2D eigenvalue weighted by Gasteiger charge is 2.13. The van der Waals surface area contributed by atoms with Crippen LogP contribution in [-0.4, -0.2) is 27.3 Å². The SMILES string of the molecule is C=C(C)COC(=O)Cn1ccc([N+](=O)[O-])n1. The fraction of sp³-hybridized carbons (Fsp3) is 0.333. The van der Waals surface area contributed by atoms with Gasteiger partial charge in [-0.2, -0.15) is 4.68 Å². The molecule has 7 nitrogen and oxygen atoms in total. The van der Waals surface area contributed by atoms with Crippen molar-refractivity contribution in [3.63, 3.8) is 0 Å². The molecular weight excluding hydrogens is 214 g/mol. The maximum Gasteiger partial charge on any atom is 0.389 e. The van der Waals surface area contributed by atoms with Gasteiger partial charge in [0.2, 0.25) is 0 Å². The molecule has 0 aliphatic rings. The summed E-state index contributed by atoms with van der Waals surface area (Å²) < 4.78 is 5.96. The standard InChI is InChI=1S/C9H11N3O4/c1-7(2)6-16-9(13)5-11-4-3-8(10-11)12(14)15/h3-4H,1,5-6H2,2H3. The van der Waals surface area contributed by atoms with Crippen molar-refractivity contribution >= 4 is 11.8 Å². The summed E-state index contributed by atoms with van der Waals surface area (Å²) in [4.78, 5) is 20.9. The van der Waals surface area contributed by atoms with Crippen molar-refractivity contribution in [1.29, 1.82) is 0 Å². The van der Waals surface area contributed by atoms with Crippen LogP contribution in [0, 0.1) is 10.1 Å². The summed E-state index contributed by atoms with van der Waals surface area (Å²) in [6.07, 6.45) is 1.35. The van der Waals surface area contributed by atoms with Crippen LogP contribution < -0.4 is 0 Å². The van der Waals surface area contributed by atoms with Gasteiger partial charge in [0.25, 0.3) is 0 Å². The van der Waals surface area contributed by atoms with Crippen molar-refractivity contribution in [2.75, 3.05) is 6.61 Å². The van der Waals surface area contributed by atoms with E-state index < -0.39 is 10.9 Å². The van der Waals surface area contributed by atoms with Crippen LogP contribution in [0.5, 0.6) is 0 Å². The number of ether oxygens (including phenoxy) is 1. The van der Waals surface area contributed by atoms with E-state index in [-0.39, 0.29) is 19.0 Å². The van der Waals surface area contributed by atoms with Crippen molar-refractivity contribution in [2.45, 2.75) is 13.5 Å². The first-order valence-electron chi connectivity index (χ1n) is 4.47. The fourth-order valence-electron chi connectivity index (χ4n) is 0.918. The highest BCUT2D eigenvalue weighted by molar-refractivity contribution is 5.69. The largest absolute Gasteiger partial charge is 0.460 e. The molecule has 1 aromatic heterocycles. The molecule has 1 heterocycles. The van der Waals surface area contributed by atoms with Gasteiger partial charge in [0.1, 0.15) is 6.61 Å². The number of aromatic nitrogens is 2. The lowest BCUT2D eigenvalue weighted by Gasteiger charge is -2.01. The Hall–Kier alpha value is -2.18. The number of nitro groups is 1. The van der Waals surface area contributed by atoms with Gasteiger partial charge in [-0.1, -0.05) is 6.58 Å². The van der Waals surface area contributed by atoms with Crippen molar-refractivity contribution in [2.24, 2.45) is 0 Å². The van der Waals surface area contributed by atoms with Gasteiger partial charge >= 0.3 is 11.8 Å². The smallest absolute Gasteiger partial charge is 0.389 e. The number of rotatable bonds is 5. The van der Waals surface area contributed by atoms with Crippen LogP contribution in [0.1, 0.15) is 6.92 Å². The summed E-state index contributed by atoms with van der Waals surface area (Å²) in [6.45, 7) is 5.29. The van der Waals surface area contributed by atoms with Gasteiger partial charge < -0.3 is 14.9 Å². The van der Waals surface area contributed by atoms with E-state index in [1.165, 1.54) is 12.3 Å². The molecule has 0 unspecified atom stereocenters. The van der Waals surface area contributed by atoms with Crippen LogP contribution in [-0.2, 0) is 16.1 Å². The summed E-state index contributed by atoms with van der Waals surface area (Å²) >= 11 is 0. The Kier molecular flexibility index (Phi) is 3.76. The lowest BCUT2D eigenvalue weighted by molar-refractivity contribution is -0.389. The molecule has 0 saturated heterocycles. The Morgan fingerprint density at radius 1 is 1.75 bits per heavy atom. The zero-order chi connectivity index (χ0) is 12.1. The predicted molar refractivity (Wildman–Crippen MR) is 54.7 cm³/mol. The van der Waals surface area contributed by atoms with E-state index in [2.05, 4.69) is 11.7 Å². The molecule has 0 amide bonds. The van der Waals surface area contributed by atoms with Crippen molar-refractivity contribution in [3.05, 3.63) is 34.5 Å². The summed E-state index contributed by atoms with van der Waals surface area (Å²) in [5.41, 5.74) is 0.722. The molecule has 0 N–H and O–H groups in total. The molecule has 1 rings (SSSR count). The van der Waals surface area contributed by atoms with Gasteiger partial charge in [-0.15, -0.1) is 0 Å². The van der Waals surface area contributed by atoms with Crippen LogP contribution in [0.4, 0.5) is 5.82 Å². The molecule has 0 aliphatic carbocycles. The molecule has 1 aromatic rings. The van der Waals surface area contributed by atoms with E-state index in [1.807, 2.05) is 0 Å². The van der Waals surface area contributed by atoms with Gasteiger partial charge in [0.05, 0.1) is 17.4 Å². The van der Waals surface area contributed by atoms with Gasteiger partial charge in [0.15, 0.2) is 6.54 Å². The lowest BCUT2D eigenvalue weighted by atomic mass is 10.4. The third kappa shape index (κ3) is 3.52. The third-order valence-corrected chi connectivity index (χ3v) is 1.58. The molecule has 7 heteroatoms. The summed E-state index contributed by atoms with van der Waals surface area (Å²) in [5, 5.41) is 13.9. The minimum absolute atomic E-state index is 0.141. The Morgan fingerprint density at radius 2 is 2.44 bits per heavy atom. The summed E-state index contributed by atoms with van der Waals surface area (Å²) in [7, 11) is 0. The monoisotopic (exact) mass is 225 g/mol. The molecule has 0 atom stereocenters. The molecule has 0 aliphatic heterocycles. The second kappa shape index (κ2) is 5.06. The summed E-state index contributed by atoms with van der Waals surface area (Å²) in [6, 6.07) is 1.21. The Morgan fingerprint density at radius 3 is 2.94 bits per heavy atom. The minimum Gasteiger partial charge on any atom is -0.460 e. The zero-order valence-corrected chi connectivity index (χ0v) is 8.75. The van der Waals surface area contributed by atoms with Crippen LogP contribution in [0.3, 0.4) is 0 Å². The topological polar surface area (TPSA) is 87.3 Å². The van der Waals surface area contributed by atoms with Gasteiger partial charge in [-0.25, -0.2) is 4.79 Å². The van der Waals surface area contributed by atoms with E-state index >= 15 is 0 Å².